The molecule has 0 spiro atoms. The Morgan fingerprint density at radius 2 is 2.29 bits per heavy atom. The first-order valence-electron chi connectivity index (χ1n) is 6.93. The molecule has 100 valence electrons. The summed E-state index contributed by atoms with van der Waals surface area (Å²) in [7, 11) is 1.71. The third-order valence-corrected chi connectivity index (χ3v) is 3.43. The van der Waals surface area contributed by atoms with Gasteiger partial charge in [0.05, 0.1) is 0 Å². The van der Waals surface area contributed by atoms with Gasteiger partial charge in [-0.3, -0.25) is 9.69 Å². The maximum absolute atomic E-state index is 11.2. The molecule has 1 atom stereocenters. The van der Waals surface area contributed by atoms with Gasteiger partial charge in [0.25, 0.3) is 0 Å². The number of carbonyl (C=O) groups is 1. The quantitative estimate of drug-likeness (QED) is 0.698. The van der Waals surface area contributed by atoms with E-state index in [1.165, 1.54) is 19.3 Å². The van der Waals surface area contributed by atoms with Gasteiger partial charge in [-0.2, -0.15) is 0 Å². The average Bonchev–Trinajstić information content (AvgIpc) is 2.38. The monoisotopic (exact) mass is 241 g/mol. The second-order valence-corrected chi connectivity index (χ2v) is 4.81. The Hall–Kier alpha value is -0.610. The molecule has 0 aromatic heterocycles. The summed E-state index contributed by atoms with van der Waals surface area (Å²) in [6.45, 7) is 6.70. The molecule has 1 saturated heterocycles. The van der Waals surface area contributed by atoms with E-state index < -0.39 is 0 Å². The van der Waals surface area contributed by atoms with Crippen LogP contribution < -0.4 is 10.6 Å². The van der Waals surface area contributed by atoms with Crippen molar-refractivity contribution in [1.82, 2.24) is 15.5 Å². The van der Waals surface area contributed by atoms with Crippen LogP contribution in [0.1, 0.15) is 39.0 Å². The van der Waals surface area contributed by atoms with E-state index >= 15 is 0 Å². The van der Waals surface area contributed by atoms with E-state index in [1.54, 1.807) is 7.05 Å². The normalized spacial score (nSPS) is 20.5. The molecule has 1 rings (SSSR count). The second kappa shape index (κ2) is 8.48. The van der Waals surface area contributed by atoms with Crippen LogP contribution in [0.25, 0.3) is 0 Å². The van der Waals surface area contributed by atoms with Crippen molar-refractivity contribution in [1.29, 1.82) is 0 Å². The Balaban J connectivity index is 2.28. The van der Waals surface area contributed by atoms with E-state index in [-0.39, 0.29) is 5.91 Å². The highest BCUT2D eigenvalue weighted by Gasteiger charge is 2.19. The van der Waals surface area contributed by atoms with Gasteiger partial charge >= 0.3 is 0 Å². The van der Waals surface area contributed by atoms with Crippen LogP contribution in [0, 0.1) is 0 Å². The fourth-order valence-electron chi connectivity index (χ4n) is 2.48. The number of rotatable bonds is 7. The third kappa shape index (κ3) is 5.50. The predicted molar refractivity (Wildman–Crippen MR) is 71.1 cm³/mol. The van der Waals surface area contributed by atoms with E-state index in [9.17, 15) is 4.79 Å². The van der Waals surface area contributed by atoms with Crippen molar-refractivity contribution in [2.24, 2.45) is 0 Å². The third-order valence-electron chi connectivity index (χ3n) is 3.43. The lowest BCUT2D eigenvalue weighted by Gasteiger charge is -2.34. The summed E-state index contributed by atoms with van der Waals surface area (Å²) in [4.78, 5) is 13.7. The maximum atomic E-state index is 11.2. The minimum atomic E-state index is 0.156. The minimum Gasteiger partial charge on any atom is -0.359 e. The second-order valence-electron chi connectivity index (χ2n) is 4.81. The smallest absolute Gasteiger partial charge is 0.219 e. The number of hydrogen-bond acceptors (Lipinski definition) is 3. The molecule has 1 fully saturated rings. The summed E-state index contributed by atoms with van der Waals surface area (Å²) in [5, 5.41) is 6.14. The standard InChI is InChI=1S/C13H27N3O/c1-3-9-16(10-5-7-13(17)14-2)12-6-4-8-15-11-12/h12,15H,3-11H2,1-2H3,(H,14,17). The fourth-order valence-corrected chi connectivity index (χ4v) is 2.48. The van der Waals surface area contributed by atoms with E-state index in [0.717, 1.165) is 32.6 Å². The van der Waals surface area contributed by atoms with Gasteiger partial charge in [0.2, 0.25) is 5.91 Å². The topological polar surface area (TPSA) is 44.4 Å². The number of nitrogens with zero attached hydrogens (tertiary/aromatic N) is 1. The molecule has 17 heavy (non-hydrogen) atoms. The first-order valence-corrected chi connectivity index (χ1v) is 6.93. The van der Waals surface area contributed by atoms with Gasteiger partial charge in [-0.1, -0.05) is 6.92 Å². The van der Waals surface area contributed by atoms with Crippen LogP contribution in [-0.4, -0.2) is 50.1 Å². The highest BCUT2D eigenvalue weighted by atomic mass is 16.1. The van der Waals surface area contributed by atoms with E-state index in [1.807, 2.05) is 0 Å². The van der Waals surface area contributed by atoms with Crippen LogP contribution >= 0.6 is 0 Å². The highest BCUT2D eigenvalue weighted by Crippen LogP contribution is 2.12. The van der Waals surface area contributed by atoms with Crippen LogP contribution in [0.5, 0.6) is 0 Å². The summed E-state index contributed by atoms with van der Waals surface area (Å²) < 4.78 is 0. The lowest BCUT2D eigenvalue weighted by Crippen LogP contribution is -2.46. The molecule has 4 heteroatoms. The Labute approximate surface area is 105 Å². The number of carbonyl (C=O) groups excluding carboxylic acids is 1. The minimum absolute atomic E-state index is 0.156. The zero-order valence-corrected chi connectivity index (χ0v) is 11.3. The fraction of sp³-hybridized carbons (Fsp3) is 0.923. The van der Waals surface area contributed by atoms with Gasteiger partial charge in [-0.15, -0.1) is 0 Å². The van der Waals surface area contributed by atoms with Gasteiger partial charge in [0, 0.05) is 26.1 Å². The van der Waals surface area contributed by atoms with Crippen LogP contribution in [-0.2, 0) is 4.79 Å². The molecular formula is C13H27N3O. The van der Waals surface area contributed by atoms with Gasteiger partial charge in [-0.25, -0.2) is 0 Å². The van der Waals surface area contributed by atoms with E-state index in [4.69, 9.17) is 0 Å². The van der Waals surface area contributed by atoms with Crippen LogP contribution in [0.2, 0.25) is 0 Å². The zero-order valence-electron chi connectivity index (χ0n) is 11.3. The predicted octanol–water partition coefficient (Wildman–Crippen LogP) is 0.977. The molecule has 0 radical (unpaired) electrons. The summed E-state index contributed by atoms with van der Waals surface area (Å²) >= 11 is 0. The lowest BCUT2D eigenvalue weighted by atomic mass is 10.0. The van der Waals surface area contributed by atoms with E-state index in [0.29, 0.717) is 12.5 Å². The number of hydrogen-bond donors (Lipinski definition) is 2. The Morgan fingerprint density at radius 3 is 2.88 bits per heavy atom. The molecule has 0 aliphatic carbocycles. The lowest BCUT2D eigenvalue weighted by molar-refractivity contribution is -0.120. The van der Waals surface area contributed by atoms with Crippen molar-refractivity contribution in [3.8, 4) is 0 Å². The highest BCUT2D eigenvalue weighted by molar-refractivity contribution is 5.75. The number of nitrogens with one attached hydrogen (secondary N) is 2. The molecule has 1 unspecified atom stereocenters. The van der Waals surface area contributed by atoms with Crippen LogP contribution in [0.4, 0.5) is 0 Å². The van der Waals surface area contributed by atoms with Gasteiger partial charge in [-0.05, 0) is 45.3 Å². The largest absolute Gasteiger partial charge is 0.359 e. The summed E-state index contributed by atoms with van der Waals surface area (Å²) in [5.74, 6) is 0.156. The van der Waals surface area contributed by atoms with Crippen molar-refractivity contribution < 1.29 is 4.79 Å². The first kappa shape index (κ1) is 14.5. The first-order chi connectivity index (χ1) is 8.27. The van der Waals surface area contributed by atoms with Gasteiger partial charge in [0.1, 0.15) is 0 Å². The summed E-state index contributed by atoms with van der Waals surface area (Å²) in [6, 6.07) is 0.674. The van der Waals surface area contributed by atoms with E-state index in [2.05, 4.69) is 22.5 Å². The molecule has 0 bridgehead atoms. The van der Waals surface area contributed by atoms with Crippen molar-refractivity contribution in [3.05, 3.63) is 0 Å². The summed E-state index contributed by atoms with van der Waals surface area (Å²) in [6.07, 6.45) is 5.39. The van der Waals surface area contributed by atoms with Crippen molar-refractivity contribution in [2.45, 2.75) is 45.1 Å². The van der Waals surface area contributed by atoms with Crippen molar-refractivity contribution in [2.75, 3.05) is 33.2 Å². The Bertz CT molecular complexity index is 215. The molecule has 1 heterocycles. The Kier molecular flexibility index (Phi) is 7.21. The zero-order chi connectivity index (χ0) is 12.5. The molecule has 1 amide bonds. The molecule has 0 aromatic rings. The molecule has 1 aliphatic rings. The van der Waals surface area contributed by atoms with Crippen LogP contribution in [0.3, 0.4) is 0 Å². The van der Waals surface area contributed by atoms with Crippen LogP contribution in [0.15, 0.2) is 0 Å². The van der Waals surface area contributed by atoms with Crippen molar-refractivity contribution in [3.63, 3.8) is 0 Å². The summed E-state index contributed by atoms with van der Waals surface area (Å²) in [5.41, 5.74) is 0. The Morgan fingerprint density at radius 1 is 1.47 bits per heavy atom. The molecule has 2 N–H and O–H groups in total. The van der Waals surface area contributed by atoms with Crippen molar-refractivity contribution >= 4 is 5.91 Å². The maximum Gasteiger partial charge on any atom is 0.219 e. The average molecular weight is 241 g/mol. The molecule has 0 aromatic carbocycles. The van der Waals surface area contributed by atoms with Gasteiger partial charge < -0.3 is 10.6 Å². The molecule has 1 aliphatic heterocycles. The SMILES string of the molecule is CCCN(CCCC(=O)NC)C1CCCNC1. The number of piperidine rings is 1. The molecule has 0 saturated carbocycles. The molecular weight excluding hydrogens is 214 g/mol. The van der Waals surface area contributed by atoms with Gasteiger partial charge in [0.15, 0.2) is 0 Å². The molecule has 4 nitrogen and oxygen atoms in total. The number of amides is 1.